The van der Waals surface area contributed by atoms with Crippen molar-refractivity contribution in [1.82, 2.24) is 0 Å². The van der Waals surface area contributed by atoms with Gasteiger partial charge in [0, 0.05) is 17.1 Å². The van der Waals surface area contributed by atoms with E-state index < -0.39 is 24.2 Å². The zero-order chi connectivity index (χ0) is 51.5. The van der Waals surface area contributed by atoms with Gasteiger partial charge in [-0.2, -0.15) is 0 Å². The Hall–Kier alpha value is -8.78. The Kier molecular flexibility index (Phi) is 8.26. The van der Waals surface area contributed by atoms with E-state index in [0.717, 1.165) is 76.8 Å². The molecule has 0 aliphatic rings. The van der Waals surface area contributed by atoms with Crippen molar-refractivity contribution in [2.45, 2.75) is 0 Å². The Morgan fingerprint density at radius 3 is 1.37 bits per heavy atom. The molecule has 0 fully saturated rings. The van der Waals surface area contributed by atoms with E-state index in [9.17, 15) is 11.0 Å². The first-order chi connectivity index (χ1) is 36.6. The number of nitrogens with zero attached hydrogens (tertiary/aromatic N) is 1. The molecule has 0 radical (unpaired) electrons. The van der Waals surface area contributed by atoms with E-state index in [1.54, 1.807) is 12.1 Å². The second-order valence-electron chi connectivity index (χ2n) is 16.6. The molecule has 0 amide bonds. The fourth-order valence-corrected chi connectivity index (χ4v) is 9.39. The number of fused-ring (bicyclic) bond motifs is 4. The van der Waals surface area contributed by atoms with Crippen molar-refractivity contribution >= 4 is 49.4 Å². The summed E-state index contributed by atoms with van der Waals surface area (Å²) in [7, 11) is 0. The van der Waals surface area contributed by atoms with Crippen LogP contribution in [-0.4, -0.2) is 0 Å². The maximum atomic E-state index is 9.91. The molecule has 0 aromatic heterocycles. The van der Waals surface area contributed by atoms with E-state index in [2.05, 4.69) is 30.3 Å². The van der Waals surface area contributed by atoms with Crippen molar-refractivity contribution in [1.29, 1.82) is 0 Å². The lowest BCUT2D eigenvalue weighted by Gasteiger charge is -2.26. The Bertz CT molecular complexity index is 4140. The van der Waals surface area contributed by atoms with Gasteiger partial charge in [0.25, 0.3) is 0 Å². The van der Waals surface area contributed by atoms with Gasteiger partial charge in [-0.25, -0.2) is 0 Å². The number of rotatable bonds is 9. The SMILES string of the molecule is [2H]c1c([2H])c(N(c2ccc(-c3cc4ccccc4c4ccccc34)cc2)c2c([2H])c([2H])c(-c3ccc4ccccc4c3-c3ccccc3)c([2H])c2[2H])c([2H])c([2H])c1-c1ccc(-c2ccccc2)c(-c2ccccc2)c1. The van der Waals surface area contributed by atoms with Gasteiger partial charge in [-0.05, 0) is 148 Å². The van der Waals surface area contributed by atoms with Gasteiger partial charge in [0.05, 0.1) is 11.0 Å². The van der Waals surface area contributed by atoms with E-state index >= 15 is 0 Å². The third-order valence-electron chi connectivity index (χ3n) is 12.6. The molecule has 0 bridgehead atoms. The summed E-state index contributed by atoms with van der Waals surface area (Å²) in [5.41, 5.74) is 8.21. The summed E-state index contributed by atoms with van der Waals surface area (Å²) < 4.78 is 78.6. The first-order valence-electron chi connectivity index (χ1n) is 26.4. The van der Waals surface area contributed by atoms with Gasteiger partial charge in [-0.15, -0.1) is 0 Å². The van der Waals surface area contributed by atoms with Gasteiger partial charge in [-0.3, -0.25) is 0 Å². The van der Waals surface area contributed by atoms with Crippen LogP contribution in [0.15, 0.2) is 273 Å². The van der Waals surface area contributed by atoms with Crippen molar-refractivity contribution in [3.63, 3.8) is 0 Å². The topological polar surface area (TPSA) is 3.24 Å². The van der Waals surface area contributed by atoms with Crippen LogP contribution in [0.1, 0.15) is 11.0 Å². The molecular formula is C66H45N. The monoisotopic (exact) mass is 859 g/mol. The molecule has 12 rings (SSSR count). The van der Waals surface area contributed by atoms with Gasteiger partial charge in [0.1, 0.15) is 0 Å². The Labute approximate surface area is 403 Å². The van der Waals surface area contributed by atoms with Crippen LogP contribution >= 0.6 is 0 Å². The van der Waals surface area contributed by atoms with Crippen LogP contribution in [0.3, 0.4) is 0 Å². The van der Waals surface area contributed by atoms with Crippen molar-refractivity contribution < 1.29 is 11.0 Å². The third kappa shape index (κ3) is 7.53. The minimum atomic E-state index is -0.411. The Balaban J connectivity index is 1.08. The molecule has 0 N–H and O–H groups in total. The van der Waals surface area contributed by atoms with Crippen LogP contribution in [0.25, 0.3) is 99.1 Å². The summed E-state index contributed by atoms with van der Waals surface area (Å²) in [4.78, 5) is 1.38. The van der Waals surface area contributed by atoms with Crippen LogP contribution in [0.5, 0.6) is 0 Å². The normalized spacial score (nSPS) is 13.0. The summed E-state index contributed by atoms with van der Waals surface area (Å²) in [5.74, 6) is 0. The molecule has 0 aliphatic carbocycles. The molecule has 0 heterocycles. The molecule has 314 valence electrons. The summed E-state index contributed by atoms with van der Waals surface area (Å²) in [6.07, 6.45) is 0. The molecule has 0 atom stereocenters. The van der Waals surface area contributed by atoms with Crippen LogP contribution < -0.4 is 4.90 Å². The predicted molar refractivity (Wildman–Crippen MR) is 286 cm³/mol. The van der Waals surface area contributed by atoms with Crippen LogP contribution in [0, 0.1) is 0 Å². The van der Waals surface area contributed by atoms with Crippen molar-refractivity contribution in [2.75, 3.05) is 4.90 Å². The highest BCUT2D eigenvalue weighted by molar-refractivity contribution is 6.14. The second kappa shape index (κ2) is 17.3. The minimum Gasteiger partial charge on any atom is -0.311 e. The molecule has 0 unspecified atom stereocenters. The molecule has 0 aliphatic heterocycles. The Morgan fingerprint density at radius 1 is 0.239 bits per heavy atom. The van der Waals surface area contributed by atoms with E-state index in [-0.39, 0.29) is 46.7 Å². The molecule has 12 aromatic carbocycles. The molecule has 67 heavy (non-hydrogen) atoms. The fraction of sp³-hybridized carbons (Fsp3) is 0. The highest BCUT2D eigenvalue weighted by atomic mass is 15.1. The molecular weight excluding hydrogens is 807 g/mol. The largest absolute Gasteiger partial charge is 0.311 e. The van der Waals surface area contributed by atoms with E-state index in [0.29, 0.717) is 16.8 Å². The summed E-state index contributed by atoms with van der Waals surface area (Å²) in [6.45, 7) is 0. The van der Waals surface area contributed by atoms with Gasteiger partial charge in [0.2, 0.25) is 0 Å². The summed E-state index contributed by atoms with van der Waals surface area (Å²) in [5, 5.41) is 6.17. The van der Waals surface area contributed by atoms with Crippen LogP contribution in [-0.2, 0) is 0 Å². The molecule has 0 saturated heterocycles. The third-order valence-corrected chi connectivity index (χ3v) is 12.6. The van der Waals surface area contributed by atoms with Crippen molar-refractivity contribution in [2.24, 2.45) is 0 Å². The quantitative estimate of drug-likeness (QED) is 0.131. The Morgan fingerprint density at radius 2 is 0.716 bits per heavy atom. The lowest BCUT2D eigenvalue weighted by molar-refractivity contribution is 1.28. The number of benzene rings is 12. The van der Waals surface area contributed by atoms with E-state index in [1.165, 1.54) is 4.90 Å². The number of hydrogen-bond acceptors (Lipinski definition) is 1. The average molecular weight is 860 g/mol. The molecule has 1 heteroatoms. The molecule has 12 aromatic rings. The first-order valence-corrected chi connectivity index (χ1v) is 22.4. The minimum absolute atomic E-state index is 0.0867. The van der Waals surface area contributed by atoms with Crippen LogP contribution in [0.4, 0.5) is 17.1 Å². The van der Waals surface area contributed by atoms with Gasteiger partial charge in [0.15, 0.2) is 0 Å². The molecule has 1 nitrogen and oxygen atoms in total. The fourth-order valence-electron chi connectivity index (χ4n) is 9.39. The summed E-state index contributed by atoms with van der Waals surface area (Å²) in [6, 6.07) is 69.9. The predicted octanol–water partition coefficient (Wildman–Crippen LogP) is 18.6. The van der Waals surface area contributed by atoms with E-state index in [4.69, 9.17) is 0 Å². The summed E-state index contributed by atoms with van der Waals surface area (Å²) >= 11 is 0. The van der Waals surface area contributed by atoms with Gasteiger partial charge < -0.3 is 4.90 Å². The standard InChI is InChI=1S/C66H45N/c1-4-16-47(17-5-1)59-42-35-53(44-64(59)48-18-6-2-7-19-48)46-28-36-55(37-29-46)67(57-40-32-51(33-41-57)65-45-54-23-11-12-24-58(54)62-26-14-15-27-63(62)65)56-38-30-50(31-39-56)61-43-34-49-20-10-13-25-60(49)66(61)52-21-8-3-9-22-52/h1-45H/i28D,29D,30D,31D,36D,37D,38D,39D. The lowest BCUT2D eigenvalue weighted by Crippen LogP contribution is -2.09. The first kappa shape index (κ1) is 32.0. The zero-order valence-electron chi connectivity index (χ0n) is 44.3. The van der Waals surface area contributed by atoms with Crippen molar-refractivity contribution in [3.05, 3.63) is 273 Å². The zero-order valence-corrected chi connectivity index (χ0v) is 36.3. The van der Waals surface area contributed by atoms with Crippen molar-refractivity contribution in [3.8, 4) is 66.8 Å². The number of hydrogen-bond donors (Lipinski definition) is 0. The maximum Gasteiger partial charge on any atom is 0.0645 e. The van der Waals surface area contributed by atoms with E-state index in [1.807, 2.05) is 182 Å². The average Bonchev–Trinajstić information content (AvgIpc) is 3.47. The lowest BCUT2D eigenvalue weighted by atomic mass is 9.89. The molecule has 0 spiro atoms. The second-order valence-corrected chi connectivity index (χ2v) is 16.6. The van der Waals surface area contributed by atoms with Gasteiger partial charge >= 0.3 is 0 Å². The van der Waals surface area contributed by atoms with Crippen LogP contribution in [0.2, 0.25) is 0 Å². The number of anilines is 3. The molecule has 0 saturated carbocycles. The maximum absolute atomic E-state index is 9.91. The highest BCUT2D eigenvalue weighted by Crippen LogP contribution is 2.43. The van der Waals surface area contributed by atoms with Gasteiger partial charge in [-0.1, -0.05) is 224 Å². The smallest absolute Gasteiger partial charge is 0.0645 e. The highest BCUT2D eigenvalue weighted by Gasteiger charge is 2.18.